The molecule has 2 aromatic heterocycles. The molecule has 3 rings (SSSR count). The second-order valence-corrected chi connectivity index (χ2v) is 6.76. The Bertz CT molecular complexity index is 945. The molecule has 0 bridgehead atoms. The van der Waals surface area contributed by atoms with Gasteiger partial charge in [0.15, 0.2) is 5.82 Å². The van der Waals surface area contributed by atoms with Gasteiger partial charge in [-0.05, 0) is 42.7 Å². The summed E-state index contributed by atoms with van der Waals surface area (Å²) in [6.07, 6.45) is 6.46. The molecular formula is C21H25N5O3. The van der Waals surface area contributed by atoms with Crippen LogP contribution in [0.4, 0.5) is 16.3 Å². The molecule has 0 aliphatic rings. The monoisotopic (exact) mass is 395 g/mol. The molecule has 5 N–H and O–H groups in total. The summed E-state index contributed by atoms with van der Waals surface area (Å²) in [5.41, 5.74) is 7.30. The number of hydrogen-bond acceptors (Lipinski definition) is 4. The molecule has 2 heterocycles. The Morgan fingerprint density at radius 3 is 2.59 bits per heavy atom. The Morgan fingerprint density at radius 2 is 1.93 bits per heavy atom. The number of aromatic amines is 1. The van der Waals surface area contributed by atoms with Gasteiger partial charge in [-0.2, -0.15) is 0 Å². The lowest BCUT2D eigenvalue weighted by atomic mass is 10.1. The van der Waals surface area contributed by atoms with Crippen LogP contribution < -0.4 is 16.4 Å². The smallest absolute Gasteiger partial charge is 0.324 e. The number of amides is 3. The Hall–Kier alpha value is -3.55. The fourth-order valence-electron chi connectivity index (χ4n) is 2.96. The number of aromatic nitrogens is 2. The maximum atomic E-state index is 12.3. The van der Waals surface area contributed by atoms with E-state index in [0.717, 1.165) is 12.8 Å². The number of furan rings is 1. The molecule has 0 saturated carbocycles. The van der Waals surface area contributed by atoms with Gasteiger partial charge in [0.1, 0.15) is 17.3 Å². The van der Waals surface area contributed by atoms with Crippen LogP contribution in [0.5, 0.6) is 0 Å². The summed E-state index contributed by atoms with van der Waals surface area (Å²) >= 11 is 0. The van der Waals surface area contributed by atoms with Crippen LogP contribution in [0.3, 0.4) is 0 Å². The highest BCUT2D eigenvalue weighted by molar-refractivity contribution is 6.04. The standard InChI is InChI=1S/C21H25N5O3/c1-2-3-4-6-14-8-10-15(11-9-14)23-21(28)26-20-18(19(22)27)24-17(25-20)13-16-7-5-12-29-16/h5,7-12H,2-4,6,13H2,1H3,(H2,22,27)(H,24,25)(H2,23,26,28). The van der Waals surface area contributed by atoms with Gasteiger partial charge in [-0.1, -0.05) is 31.9 Å². The summed E-state index contributed by atoms with van der Waals surface area (Å²) in [5.74, 6) is 0.493. The van der Waals surface area contributed by atoms with Crippen LogP contribution in [-0.4, -0.2) is 21.9 Å². The van der Waals surface area contributed by atoms with E-state index < -0.39 is 11.9 Å². The third kappa shape index (κ3) is 5.71. The number of nitrogens with zero attached hydrogens (tertiary/aromatic N) is 1. The molecular weight excluding hydrogens is 370 g/mol. The number of hydrogen-bond donors (Lipinski definition) is 4. The molecule has 8 heteroatoms. The summed E-state index contributed by atoms with van der Waals surface area (Å²) in [6.45, 7) is 2.18. The lowest BCUT2D eigenvalue weighted by Crippen LogP contribution is -2.22. The van der Waals surface area contributed by atoms with Gasteiger partial charge in [-0.3, -0.25) is 10.1 Å². The first-order chi connectivity index (χ1) is 14.0. The molecule has 0 radical (unpaired) electrons. The Balaban J connectivity index is 1.62. The zero-order valence-corrected chi connectivity index (χ0v) is 16.3. The molecule has 3 aromatic rings. The number of urea groups is 1. The number of anilines is 2. The van der Waals surface area contributed by atoms with Gasteiger partial charge in [0.25, 0.3) is 5.91 Å². The van der Waals surface area contributed by atoms with Gasteiger partial charge in [-0.25, -0.2) is 9.78 Å². The van der Waals surface area contributed by atoms with Gasteiger partial charge < -0.3 is 20.5 Å². The van der Waals surface area contributed by atoms with E-state index in [1.807, 2.05) is 24.3 Å². The molecule has 8 nitrogen and oxygen atoms in total. The minimum atomic E-state index is -0.713. The van der Waals surface area contributed by atoms with Crippen molar-refractivity contribution >= 4 is 23.4 Å². The first-order valence-corrected chi connectivity index (χ1v) is 9.63. The van der Waals surface area contributed by atoms with Crippen molar-refractivity contribution in [3.63, 3.8) is 0 Å². The second-order valence-electron chi connectivity index (χ2n) is 6.76. The predicted octanol–water partition coefficient (Wildman–Crippen LogP) is 4.07. The van der Waals surface area contributed by atoms with E-state index in [4.69, 9.17) is 10.2 Å². The van der Waals surface area contributed by atoms with Crippen molar-refractivity contribution in [3.05, 3.63) is 65.5 Å². The van der Waals surface area contributed by atoms with E-state index >= 15 is 0 Å². The normalized spacial score (nSPS) is 10.7. The molecule has 1 aromatic carbocycles. The highest BCUT2D eigenvalue weighted by Crippen LogP contribution is 2.17. The third-order valence-electron chi connectivity index (χ3n) is 4.43. The molecule has 0 spiro atoms. The molecule has 0 aliphatic heterocycles. The number of aryl methyl sites for hydroxylation is 1. The fraction of sp³-hybridized carbons (Fsp3) is 0.286. The van der Waals surface area contributed by atoms with Gasteiger partial charge in [0, 0.05) is 5.69 Å². The number of H-pyrrole nitrogens is 1. The summed E-state index contributed by atoms with van der Waals surface area (Å²) < 4.78 is 5.27. The van der Waals surface area contributed by atoms with E-state index in [9.17, 15) is 9.59 Å². The van der Waals surface area contributed by atoms with Gasteiger partial charge in [-0.15, -0.1) is 0 Å². The number of benzene rings is 1. The number of unbranched alkanes of at least 4 members (excludes halogenated alkanes) is 2. The minimum Gasteiger partial charge on any atom is -0.469 e. The van der Waals surface area contributed by atoms with E-state index in [1.54, 1.807) is 18.4 Å². The Labute approximate surface area is 168 Å². The Kier molecular flexibility index (Phi) is 6.67. The average Bonchev–Trinajstić information content (AvgIpc) is 3.33. The molecule has 0 unspecified atom stereocenters. The largest absolute Gasteiger partial charge is 0.469 e. The summed E-state index contributed by atoms with van der Waals surface area (Å²) in [4.78, 5) is 31.1. The topological polar surface area (TPSA) is 126 Å². The van der Waals surface area contributed by atoms with Crippen molar-refractivity contribution in [1.29, 1.82) is 0 Å². The highest BCUT2D eigenvalue weighted by atomic mass is 16.3. The maximum Gasteiger partial charge on any atom is 0.324 e. The highest BCUT2D eigenvalue weighted by Gasteiger charge is 2.18. The number of carbonyl (C=O) groups is 2. The van der Waals surface area contributed by atoms with Crippen molar-refractivity contribution in [2.24, 2.45) is 5.73 Å². The minimum absolute atomic E-state index is 0.0352. The van der Waals surface area contributed by atoms with Crippen LogP contribution in [-0.2, 0) is 12.8 Å². The second kappa shape index (κ2) is 9.59. The maximum absolute atomic E-state index is 12.3. The van der Waals surface area contributed by atoms with Gasteiger partial charge >= 0.3 is 6.03 Å². The SMILES string of the molecule is CCCCCc1ccc(NC(=O)Nc2nc(Cc3ccco3)[nH]c2C(N)=O)cc1. The van der Waals surface area contributed by atoms with Crippen molar-refractivity contribution < 1.29 is 14.0 Å². The number of carbonyl (C=O) groups excluding carboxylic acids is 2. The van der Waals surface area contributed by atoms with Crippen LogP contribution in [0.1, 0.15) is 53.8 Å². The summed E-state index contributed by atoms with van der Waals surface area (Å²) in [6, 6.07) is 10.7. The fourth-order valence-corrected chi connectivity index (χ4v) is 2.96. The predicted molar refractivity (Wildman–Crippen MR) is 111 cm³/mol. The van der Waals surface area contributed by atoms with Crippen molar-refractivity contribution in [2.75, 3.05) is 10.6 Å². The number of imidazole rings is 1. The van der Waals surface area contributed by atoms with E-state index in [1.165, 1.54) is 18.4 Å². The lowest BCUT2D eigenvalue weighted by molar-refractivity contribution is 0.0997. The van der Waals surface area contributed by atoms with Crippen LogP contribution in [0.2, 0.25) is 0 Å². The molecule has 29 heavy (non-hydrogen) atoms. The molecule has 3 amide bonds. The number of nitrogens with one attached hydrogen (secondary N) is 3. The first-order valence-electron chi connectivity index (χ1n) is 9.63. The average molecular weight is 395 g/mol. The van der Waals surface area contributed by atoms with Crippen molar-refractivity contribution in [1.82, 2.24) is 9.97 Å². The molecule has 152 valence electrons. The van der Waals surface area contributed by atoms with E-state index in [0.29, 0.717) is 23.7 Å². The zero-order valence-electron chi connectivity index (χ0n) is 16.3. The number of nitrogens with two attached hydrogens (primary N) is 1. The molecule has 0 aliphatic carbocycles. The Morgan fingerprint density at radius 1 is 1.14 bits per heavy atom. The first kappa shape index (κ1) is 20.2. The zero-order chi connectivity index (χ0) is 20.6. The lowest BCUT2D eigenvalue weighted by Gasteiger charge is -2.07. The van der Waals surface area contributed by atoms with Crippen LogP contribution >= 0.6 is 0 Å². The van der Waals surface area contributed by atoms with E-state index in [-0.39, 0.29) is 11.5 Å². The summed E-state index contributed by atoms with van der Waals surface area (Å²) in [5, 5.41) is 5.30. The third-order valence-corrected chi connectivity index (χ3v) is 4.43. The van der Waals surface area contributed by atoms with Gasteiger partial charge in [0.2, 0.25) is 0 Å². The van der Waals surface area contributed by atoms with Crippen LogP contribution in [0.15, 0.2) is 47.1 Å². The molecule has 0 saturated heterocycles. The quantitative estimate of drug-likeness (QED) is 0.407. The van der Waals surface area contributed by atoms with Crippen LogP contribution in [0, 0.1) is 0 Å². The van der Waals surface area contributed by atoms with E-state index in [2.05, 4.69) is 27.5 Å². The van der Waals surface area contributed by atoms with Crippen molar-refractivity contribution in [2.45, 2.75) is 39.0 Å². The summed E-state index contributed by atoms with van der Waals surface area (Å²) in [7, 11) is 0. The molecule has 0 fully saturated rings. The number of rotatable bonds is 9. The molecule has 0 atom stereocenters. The van der Waals surface area contributed by atoms with Crippen LogP contribution in [0.25, 0.3) is 0 Å². The van der Waals surface area contributed by atoms with Crippen molar-refractivity contribution in [3.8, 4) is 0 Å². The van der Waals surface area contributed by atoms with Gasteiger partial charge in [0.05, 0.1) is 12.7 Å². The number of primary amides is 1.